The number of carbonyl (C=O) groups is 1. The highest BCUT2D eigenvalue weighted by Gasteiger charge is 2.31. The first-order chi connectivity index (χ1) is 6.35. The van der Waals surface area contributed by atoms with Crippen molar-refractivity contribution in [3.63, 3.8) is 0 Å². The first kappa shape index (κ1) is 11.3. The number of quaternary nitrogens is 1. The van der Waals surface area contributed by atoms with E-state index in [1.54, 1.807) is 12.1 Å². The Morgan fingerprint density at radius 1 is 1.36 bits per heavy atom. The smallest absolute Gasteiger partial charge is 0.435 e. The van der Waals surface area contributed by atoms with Crippen molar-refractivity contribution in [1.82, 2.24) is 4.48 Å². The molecule has 0 heterocycles. The first-order valence-electron chi connectivity index (χ1n) is 3.89. The molecule has 14 heavy (non-hydrogen) atoms. The molecular weight excluding hydrogens is 225 g/mol. The van der Waals surface area contributed by atoms with E-state index in [0.29, 0.717) is 15.7 Å². The van der Waals surface area contributed by atoms with Crippen molar-refractivity contribution in [3.8, 4) is 0 Å². The quantitative estimate of drug-likeness (QED) is 0.758. The number of halogens is 2. The molecule has 5 heteroatoms. The second kappa shape index (κ2) is 3.77. The summed E-state index contributed by atoms with van der Waals surface area (Å²) in [5, 5.41) is 9.81. The second-order valence-electron chi connectivity index (χ2n) is 3.33. The maximum absolute atomic E-state index is 10.9. The highest BCUT2D eigenvalue weighted by atomic mass is 35.5. The molecule has 1 aromatic carbocycles. The van der Waals surface area contributed by atoms with Gasteiger partial charge in [0.25, 0.3) is 0 Å². The third-order valence-electron chi connectivity index (χ3n) is 1.99. The molecule has 3 nitrogen and oxygen atoms in total. The third kappa shape index (κ3) is 2.00. The zero-order valence-corrected chi connectivity index (χ0v) is 9.30. The number of hydrogen-bond donors (Lipinski definition) is 1. The van der Waals surface area contributed by atoms with Crippen LogP contribution in [-0.2, 0) is 0 Å². The van der Waals surface area contributed by atoms with Crippen LogP contribution in [0.3, 0.4) is 0 Å². The Hall–Kier alpha value is -0.770. The molecule has 0 unspecified atom stereocenters. The molecule has 0 bridgehead atoms. The standard InChI is InChI=1S/C9H9Cl2NO2/c1-12(2,9(13)14)8-4-3-6(10)5-7(8)11/h3-5H,1-2H3/p+1. The molecule has 0 fully saturated rings. The summed E-state index contributed by atoms with van der Waals surface area (Å²) < 4.78 is -0.323. The van der Waals surface area contributed by atoms with Crippen molar-refractivity contribution in [2.24, 2.45) is 0 Å². The van der Waals surface area contributed by atoms with Gasteiger partial charge < -0.3 is 5.11 Å². The molecule has 0 saturated heterocycles. The fraction of sp³-hybridized carbons (Fsp3) is 0.222. The lowest BCUT2D eigenvalue weighted by atomic mass is 10.3. The van der Waals surface area contributed by atoms with Gasteiger partial charge >= 0.3 is 6.09 Å². The van der Waals surface area contributed by atoms with Crippen molar-refractivity contribution in [2.75, 3.05) is 14.1 Å². The van der Waals surface area contributed by atoms with Gasteiger partial charge in [0, 0.05) is 11.1 Å². The SMILES string of the molecule is C[N+](C)(C(=O)O)c1ccc(Cl)cc1Cl. The van der Waals surface area contributed by atoms with Crippen molar-refractivity contribution in [1.29, 1.82) is 0 Å². The van der Waals surface area contributed by atoms with Crippen molar-refractivity contribution < 1.29 is 9.90 Å². The minimum Gasteiger partial charge on any atom is -0.435 e. The summed E-state index contributed by atoms with van der Waals surface area (Å²) in [6.45, 7) is 0. The lowest BCUT2D eigenvalue weighted by Crippen LogP contribution is -2.45. The van der Waals surface area contributed by atoms with Gasteiger partial charge in [0.2, 0.25) is 0 Å². The maximum Gasteiger partial charge on any atom is 0.518 e. The van der Waals surface area contributed by atoms with Gasteiger partial charge in [-0.05, 0) is 12.1 Å². The van der Waals surface area contributed by atoms with Gasteiger partial charge in [-0.3, -0.25) is 0 Å². The largest absolute Gasteiger partial charge is 0.518 e. The van der Waals surface area contributed by atoms with Crippen LogP contribution in [-0.4, -0.2) is 25.3 Å². The van der Waals surface area contributed by atoms with E-state index in [-0.39, 0.29) is 4.48 Å². The third-order valence-corrected chi connectivity index (χ3v) is 2.53. The Bertz CT molecular complexity index is 377. The highest BCUT2D eigenvalue weighted by Crippen LogP contribution is 2.31. The number of rotatable bonds is 1. The first-order valence-corrected chi connectivity index (χ1v) is 4.64. The van der Waals surface area contributed by atoms with Gasteiger partial charge in [-0.2, -0.15) is 9.28 Å². The fourth-order valence-corrected chi connectivity index (χ4v) is 1.66. The van der Waals surface area contributed by atoms with Gasteiger partial charge in [0.1, 0.15) is 5.02 Å². The van der Waals surface area contributed by atoms with Crippen molar-refractivity contribution in [3.05, 3.63) is 28.2 Å². The summed E-state index contributed by atoms with van der Waals surface area (Å²) in [4.78, 5) is 10.9. The van der Waals surface area contributed by atoms with E-state index in [4.69, 9.17) is 28.3 Å². The van der Waals surface area contributed by atoms with Crippen LogP contribution in [0.25, 0.3) is 0 Å². The molecule has 1 rings (SSSR count). The average Bonchev–Trinajstić information content (AvgIpc) is 2.02. The summed E-state index contributed by atoms with van der Waals surface area (Å²) in [5.74, 6) is 0. The number of benzene rings is 1. The molecule has 0 saturated carbocycles. The van der Waals surface area contributed by atoms with Crippen molar-refractivity contribution >= 4 is 35.0 Å². The summed E-state index contributed by atoms with van der Waals surface area (Å²) in [5.41, 5.74) is 0.503. The molecule has 0 spiro atoms. The Kier molecular flexibility index (Phi) is 3.04. The van der Waals surface area contributed by atoms with E-state index in [1.165, 1.54) is 20.2 Å². The zero-order chi connectivity index (χ0) is 10.9. The predicted octanol–water partition coefficient (Wildman–Crippen LogP) is 3.24. The van der Waals surface area contributed by atoms with Gasteiger partial charge in [0.05, 0.1) is 14.1 Å². The summed E-state index contributed by atoms with van der Waals surface area (Å²) in [6.07, 6.45) is -0.978. The summed E-state index contributed by atoms with van der Waals surface area (Å²) in [6, 6.07) is 4.76. The van der Waals surface area contributed by atoms with Gasteiger partial charge in [-0.1, -0.05) is 23.2 Å². The maximum atomic E-state index is 10.9. The molecule has 0 atom stereocenters. The number of amides is 1. The predicted molar refractivity (Wildman–Crippen MR) is 58.1 cm³/mol. The number of carboxylic acid groups (broad SMARTS) is 1. The normalized spacial score (nSPS) is 11.4. The zero-order valence-electron chi connectivity index (χ0n) is 7.79. The van der Waals surface area contributed by atoms with Crippen LogP contribution in [0.2, 0.25) is 10.0 Å². The van der Waals surface area contributed by atoms with Crippen LogP contribution in [0.4, 0.5) is 10.5 Å². The Morgan fingerprint density at radius 3 is 2.36 bits per heavy atom. The summed E-state index contributed by atoms with van der Waals surface area (Å²) >= 11 is 11.6. The Labute approximate surface area is 92.1 Å². The Morgan fingerprint density at radius 2 is 1.93 bits per heavy atom. The van der Waals surface area contributed by atoms with E-state index in [9.17, 15) is 4.79 Å². The van der Waals surface area contributed by atoms with Gasteiger partial charge in [-0.25, -0.2) is 0 Å². The molecule has 1 amide bonds. The minimum absolute atomic E-state index is 0.323. The molecule has 76 valence electrons. The van der Waals surface area contributed by atoms with Gasteiger partial charge in [-0.15, -0.1) is 0 Å². The molecular formula is C9H10Cl2NO2+. The second-order valence-corrected chi connectivity index (χ2v) is 4.18. The van der Waals surface area contributed by atoms with Crippen LogP contribution in [0.5, 0.6) is 0 Å². The molecule has 0 aliphatic carbocycles. The molecule has 0 aliphatic rings. The van der Waals surface area contributed by atoms with Crippen LogP contribution in [0.15, 0.2) is 18.2 Å². The van der Waals surface area contributed by atoms with Crippen LogP contribution in [0, 0.1) is 0 Å². The topological polar surface area (TPSA) is 37.3 Å². The Balaban J connectivity index is 3.26. The lowest BCUT2D eigenvalue weighted by Gasteiger charge is -2.22. The van der Waals surface area contributed by atoms with E-state index in [1.807, 2.05) is 0 Å². The minimum atomic E-state index is -0.978. The fourth-order valence-electron chi connectivity index (χ4n) is 1.04. The van der Waals surface area contributed by atoms with E-state index < -0.39 is 6.09 Å². The molecule has 1 aromatic rings. The van der Waals surface area contributed by atoms with Crippen LogP contribution >= 0.6 is 23.2 Å². The molecule has 0 aliphatic heterocycles. The number of nitrogens with zero attached hydrogens (tertiary/aromatic N) is 1. The monoisotopic (exact) mass is 234 g/mol. The molecule has 0 radical (unpaired) electrons. The van der Waals surface area contributed by atoms with E-state index >= 15 is 0 Å². The van der Waals surface area contributed by atoms with Crippen LogP contribution in [0.1, 0.15) is 0 Å². The highest BCUT2D eigenvalue weighted by molar-refractivity contribution is 6.36. The van der Waals surface area contributed by atoms with Gasteiger partial charge in [0.15, 0.2) is 5.69 Å². The van der Waals surface area contributed by atoms with Crippen LogP contribution < -0.4 is 4.48 Å². The number of hydrogen-bond acceptors (Lipinski definition) is 1. The molecule has 1 N–H and O–H groups in total. The summed E-state index contributed by atoms with van der Waals surface area (Å²) in [7, 11) is 3.08. The van der Waals surface area contributed by atoms with Crippen molar-refractivity contribution in [2.45, 2.75) is 0 Å². The van der Waals surface area contributed by atoms with E-state index in [2.05, 4.69) is 0 Å². The average molecular weight is 235 g/mol. The lowest BCUT2D eigenvalue weighted by molar-refractivity contribution is 0.165. The van der Waals surface area contributed by atoms with E-state index in [0.717, 1.165) is 0 Å². The molecule has 0 aromatic heterocycles.